The van der Waals surface area contributed by atoms with Gasteiger partial charge in [-0.15, -0.1) is 0 Å². The molecule has 0 atom stereocenters. The summed E-state index contributed by atoms with van der Waals surface area (Å²) in [7, 11) is 0. The fourth-order valence-corrected chi connectivity index (χ4v) is 2.46. The lowest BCUT2D eigenvalue weighted by atomic mass is 10.1. The molecule has 0 saturated carbocycles. The maximum atomic E-state index is 12.6. The Morgan fingerprint density at radius 3 is 2.45 bits per heavy atom. The second-order valence-corrected chi connectivity index (χ2v) is 5.29. The molecule has 0 fully saturated rings. The van der Waals surface area contributed by atoms with E-state index in [2.05, 4.69) is 0 Å². The van der Waals surface area contributed by atoms with Crippen molar-refractivity contribution >= 4 is 17.5 Å². The summed E-state index contributed by atoms with van der Waals surface area (Å²) in [5.74, 6) is 0.572. The molecule has 2 aromatic rings. The number of rotatable bonds is 6. The quantitative estimate of drug-likeness (QED) is 0.790. The van der Waals surface area contributed by atoms with Gasteiger partial charge in [-0.25, -0.2) is 0 Å². The predicted octanol–water partition coefficient (Wildman–Crippen LogP) is 4.40. The minimum absolute atomic E-state index is 0.0312. The van der Waals surface area contributed by atoms with Gasteiger partial charge in [-0.2, -0.15) is 0 Å². The summed E-state index contributed by atoms with van der Waals surface area (Å²) in [4.78, 5) is 14.4. The van der Waals surface area contributed by atoms with Gasteiger partial charge < -0.3 is 9.64 Å². The van der Waals surface area contributed by atoms with E-state index in [1.165, 1.54) is 0 Å². The summed E-state index contributed by atoms with van der Waals surface area (Å²) >= 11 is 6.16. The first kappa shape index (κ1) is 16.4. The molecule has 22 heavy (non-hydrogen) atoms. The second-order valence-electron chi connectivity index (χ2n) is 4.88. The maximum Gasteiger partial charge on any atom is 0.254 e. The summed E-state index contributed by atoms with van der Waals surface area (Å²) in [6, 6.07) is 15.1. The fourth-order valence-electron chi connectivity index (χ4n) is 2.22. The lowest BCUT2D eigenvalue weighted by molar-refractivity contribution is 0.0752. The molecule has 0 aliphatic carbocycles. The number of nitrogens with zero attached hydrogens (tertiary/aromatic N) is 1. The van der Waals surface area contributed by atoms with Gasteiger partial charge in [-0.3, -0.25) is 4.79 Å². The number of hydrogen-bond acceptors (Lipinski definition) is 2. The second kappa shape index (κ2) is 7.85. The molecular formula is C18H20ClNO2. The maximum absolute atomic E-state index is 12.6. The van der Waals surface area contributed by atoms with Crippen LogP contribution in [0.5, 0.6) is 5.75 Å². The van der Waals surface area contributed by atoms with E-state index in [1.807, 2.05) is 44.2 Å². The molecule has 0 unspecified atom stereocenters. The van der Waals surface area contributed by atoms with Gasteiger partial charge in [0.2, 0.25) is 0 Å². The van der Waals surface area contributed by atoms with Crippen molar-refractivity contribution in [1.82, 2.24) is 4.90 Å². The van der Waals surface area contributed by atoms with Crippen LogP contribution in [-0.2, 0) is 6.54 Å². The van der Waals surface area contributed by atoms with Crippen LogP contribution in [0.25, 0.3) is 0 Å². The van der Waals surface area contributed by atoms with Crippen LogP contribution in [-0.4, -0.2) is 24.0 Å². The van der Waals surface area contributed by atoms with Crippen molar-refractivity contribution in [3.05, 3.63) is 64.7 Å². The van der Waals surface area contributed by atoms with Crippen molar-refractivity contribution in [2.45, 2.75) is 20.4 Å². The number of halogens is 1. The lowest BCUT2D eigenvalue weighted by Crippen LogP contribution is -2.30. The molecule has 4 heteroatoms. The summed E-state index contributed by atoms with van der Waals surface area (Å²) in [5.41, 5.74) is 1.68. The highest BCUT2D eigenvalue weighted by molar-refractivity contribution is 6.32. The van der Waals surface area contributed by atoms with E-state index in [0.717, 1.165) is 5.56 Å². The molecule has 0 aliphatic heterocycles. The number of hydrogen-bond donors (Lipinski definition) is 0. The van der Waals surface area contributed by atoms with E-state index in [-0.39, 0.29) is 5.91 Å². The van der Waals surface area contributed by atoms with Crippen molar-refractivity contribution in [2.75, 3.05) is 13.2 Å². The summed E-state index contributed by atoms with van der Waals surface area (Å²) in [6.07, 6.45) is 0. The van der Waals surface area contributed by atoms with Crippen LogP contribution < -0.4 is 4.74 Å². The van der Waals surface area contributed by atoms with Crippen LogP contribution in [0, 0.1) is 0 Å². The van der Waals surface area contributed by atoms with Gasteiger partial charge in [-0.1, -0.05) is 41.9 Å². The van der Waals surface area contributed by atoms with Gasteiger partial charge in [0.05, 0.1) is 11.6 Å². The van der Waals surface area contributed by atoms with Gasteiger partial charge in [-0.05, 0) is 37.6 Å². The van der Waals surface area contributed by atoms with Crippen molar-refractivity contribution in [2.24, 2.45) is 0 Å². The van der Waals surface area contributed by atoms with E-state index in [9.17, 15) is 4.79 Å². The molecule has 0 radical (unpaired) electrons. The Kier molecular flexibility index (Phi) is 5.84. The summed E-state index contributed by atoms with van der Waals surface area (Å²) in [5, 5.41) is 0.462. The van der Waals surface area contributed by atoms with Gasteiger partial charge in [0.15, 0.2) is 0 Å². The van der Waals surface area contributed by atoms with Crippen LogP contribution in [0.1, 0.15) is 29.8 Å². The highest BCUT2D eigenvalue weighted by Gasteiger charge is 2.16. The number of amides is 1. The SMILES string of the molecule is CCOc1ccc(C(=O)N(CC)Cc2ccccc2)cc1Cl. The Labute approximate surface area is 136 Å². The molecule has 2 rings (SSSR count). The molecule has 1 amide bonds. The molecule has 116 valence electrons. The Morgan fingerprint density at radius 2 is 1.86 bits per heavy atom. The average Bonchev–Trinajstić information content (AvgIpc) is 2.55. The zero-order chi connectivity index (χ0) is 15.9. The van der Waals surface area contributed by atoms with Crippen LogP contribution in [0.3, 0.4) is 0 Å². The van der Waals surface area contributed by atoms with E-state index in [1.54, 1.807) is 23.1 Å². The fraction of sp³-hybridized carbons (Fsp3) is 0.278. The van der Waals surface area contributed by atoms with Crippen molar-refractivity contribution in [3.63, 3.8) is 0 Å². The Hall–Kier alpha value is -2.00. The molecule has 0 spiro atoms. The smallest absolute Gasteiger partial charge is 0.254 e. The van der Waals surface area contributed by atoms with Crippen LogP contribution in [0.15, 0.2) is 48.5 Å². The molecule has 0 bridgehead atoms. The first-order valence-corrected chi connectivity index (χ1v) is 7.79. The Balaban J connectivity index is 2.16. The molecule has 3 nitrogen and oxygen atoms in total. The molecule has 2 aromatic carbocycles. The topological polar surface area (TPSA) is 29.5 Å². The molecule has 0 aromatic heterocycles. The van der Waals surface area contributed by atoms with E-state index in [0.29, 0.717) is 36.0 Å². The zero-order valence-corrected chi connectivity index (χ0v) is 13.6. The highest BCUT2D eigenvalue weighted by atomic mass is 35.5. The lowest BCUT2D eigenvalue weighted by Gasteiger charge is -2.21. The number of carbonyl (C=O) groups is 1. The Bertz CT molecular complexity index is 628. The average molecular weight is 318 g/mol. The van der Waals surface area contributed by atoms with E-state index < -0.39 is 0 Å². The molecule has 0 N–H and O–H groups in total. The van der Waals surface area contributed by atoms with E-state index in [4.69, 9.17) is 16.3 Å². The standard InChI is InChI=1S/C18H20ClNO2/c1-3-20(13-14-8-6-5-7-9-14)18(21)15-10-11-17(22-4-2)16(19)12-15/h5-12H,3-4,13H2,1-2H3. The molecule has 0 heterocycles. The van der Waals surface area contributed by atoms with Crippen LogP contribution in [0.2, 0.25) is 5.02 Å². The third-order valence-corrected chi connectivity index (χ3v) is 3.66. The third-order valence-electron chi connectivity index (χ3n) is 3.36. The molecule has 0 aliphatic rings. The minimum Gasteiger partial charge on any atom is -0.492 e. The minimum atomic E-state index is -0.0312. The first-order valence-electron chi connectivity index (χ1n) is 7.41. The number of benzene rings is 2. The van der Waals surface area contributed by atoms with Gasteiger partial charge in [0.25, 0.3) is 5.91 Å². The first-order chi connectivity index (χ1) is 10.7. The highest BCUT2D eigenvalue weighted by Crippen LogP contribution is 2.26. The van der Waals surface area contributed by atoms with Gasteiger partial charge >= 0.3 is 0 Å². The molecular weight excluding hydrogens is 298 g/mol. The zero-order valence-electron chi connectivity index (χ0n) is 12.9. The van der Waals surface area contributed by atoms with Crippen molar-refractivity contribution in [1.29, 1.82) is 0 Å². The van der Waals surface area contributed by atoms with Crippen molar-refractivity contribution < 1.29 is 9.53 Å². The predicted molar refractivity (Wildman–Crippen MR) is 89.5 cm³/mol. The largest absolute Gasteiger partial charge is 0.492 e. The monoisotopic (exact) mass is 317 g/mol. The normalized spacial score (nSPS) is 10.3. The molecule has 0 saturated heterocycles. The van der Waals surface area contributed by atoms with E-state index >= 15 is 0 Å². The third kappa shape index (κ3) is 4.01. The van der Waals surface area contributed by atoms with Gasteiger partial charge in [0, 0.05) is 18.7 Å². The number of carbonyl (C=O) groups excluding carboxylic acids is 1. The summed E-state index contributed by atoms with van der Waals surface area (Å²) < 4.78 is 5.40. The van der Waals surface area contributed by atoms with Gasteiger partial charge in [0.1, 0.15) is 5.75 Å². The van der Waals surface area contributed by atoms with Crippen LogP contribution >= 0.6 is 11.6 Å². The Morgan fingerprint density at radius 1 is 1.14 bits per heavy atom. The van der Waals surface area contributed by atoms with Crippen molar-refractivity contribution in [3.8, 4) is 5.75 Å². The number of ether oxygens (including phenoxy) is 1. The summed E-state index contributed by atoms with van der Waals surface area (Å²) in [6.45, 7) is 5.63. The van der Waals surface area contributed by atoms with Crippen LogP contribution in [0.4, 0.5) is 0 Å².